The van der Waals surface area contributed by atoms with Crippen LogP contribution in [0.25, 0.3) is 0 Å². The molecule has 0 heterocycles. The molecule has 0 aromatic rings. The number of nitrogens with one attached hydrogen (secondary N) is 1. The van der Waals surface area contributed by atoms with Crippen LogP contribution in [0.4, 0.5) is 0 Å². The third-order valence-corrected chi connectivity index (χ3v) is 9.83. The van der Waals surface area contributed by atoms with Crippen LogP contribution in [0.1, 0.15) is 33.6 Å². The number of hydrogen-bond acceptors (Lipinski definition) is 10. The number of rotatable bonds is 12. The van der Waals surface area contributed by atoms with Crippen LogP contribution in [0.2, 0.25) is 38.3 Å². The third-order valence-electron chi connectivity index (χ3n) is 4.51. The lowest BCUT2D eigenvalue weighted by molar-refractivity contribution is -0.167. The molecular weight excluding hydrogens is 492 g/mol. The molecule has 0 bridgehead atoms. The van der Waals surface area contributed by atoms with Gasteiger partial charge in [-0.1, -0.05) is 0 Å². The predicted octanol–water partition coefficient (Wildman–Crippen LogP) is 2.21. The van der Waals surface area contributed by atoms with Gasteiger partial charge in [-0.3, -0.25) is 4.79 Å². The number of amides is 1. The van der Waals surface area contributed by atoms with Gasteiger partial charge in [0, 0.05) is 20.8 Å². The number of carbonyl (C=O) groups excluding carboxylic acids is 4. The van der Waals surface area contributed by atoms with E-state index < -0.39 is 40.4 Å². The maximum Gasteiger partial charge on any atom is 0.417 e. The van der Waals surface area contributed by atoms with E-state index >= 15 is 0 Å². The second-order valence-electron chi connectivity index (χ2n) is 8.34. The topological polar surface area (TPSA) is 152 Å². The molecule has 3 N–H and O–H groups in total. The number of nitrogens with two attached hydrogens (primary N) is 1. The van der Waals surface area contributed by atoms with Gasteiger partial charge in [-0.25, -0.2) is 14.4 Å². The van der Waals surface area contributed by atoms with Crippen LogP contribution < -0.4 is 11.1 Å². The minimum absolute atomic E-state index is 0.192. The number of carbonyl (C=O) groups is 4. The number of hydrogen-bond donors (Lipinski definition) is 2. The van der Waals surface area contributed by atoms with E-state index in [1.165, 1.54) is 6.04 Å². The van der Waals surface area contributed by atoms with Gasteiger partial charge in [-0.2, -0.15) is 0 Å². The van der Waals surface area contributed by atoms with E-state index in [-0.39, 0.29) is 19.8 Å². The Balaban J connectivity index is -0.000000466. The lowest BCUT2D eigenvalue weighted by atomic mass is 10.4. The molecule has 0 aromatic heterocycles. The maximum atomic E-state index is 11.1. The van der Waals surface area contributed by atoms with Crippen molar-refractivity contribution in [3.8, 4) is 0 Å². The van der Waals surface area contributed by atoms with E-state index in [1.807, 2.05) is 0 Å². The predicted molar refractivity (Wildman–Crippen MR) is 140 cm³/mol. The first kappa shape index (κ1) is 37.7. The first-order chi connectivity index (χ1) is 16.3. The molecule has 35 heavy (non-hydrogen) atoms. The molecule has 0 radical (unpaired) electrons. The summed E-state index contributed by atoms with van der Waals surface area (Å²) >= 11 is 0. The smallest absolute Gasteiger partial charge is 0.417 e. The van der Waals surface area contributed by atoms with Gasteiger partial charge >= 0.3 is 23.8 Å². The van der Waals surface area contributed by atoms with Crippen LogP contribution in [0, 0.1) is 0 Å². The van der Waals surface area contributed by atoms with Crippen molar-refractivity contribution in [2.24, 2.45) is 5.73 Å². The van der Waals surface area contributed by atoms with E-state index in [1.54, 1.807) is 35.0 Å². The van der Waals surface area contributed by atoms with Gasteiger partial charge in [0.05, 0.1) is 19.8 Å². The van der Waals surface area contributed by atoms with Crippen molar-refractivity contribution >= 4 is 40.4 Å². The Labute approximate surface area is 213 Å². The molecule has 0 spiro atoms. The zero-order valence-corrected chi connectivity index (χ0v) is 25.1. The van der Waals surface area contributed by atoms with E-state index in [2.05, 4.69) is 45.7 Å². The fourth-order valence-electron chi connectivity index (χ4n) is 2.10. The minimum atomic E-state index is -1.56. The molecule has 13 heteroatoms. The molecule has 0 rings (SSSR count). The molecule has 0 atom stereocenters. The normalized spacial score (nSPS) is 10.6. The van der Waals surface area contributed by atoms with Crippen molar-refractivity contribution < 1.29 is 42.2 Å². The van der Waals surface area contributed by atoms with Gasteiger partial charge < -0.3 is 34.1 Å². The van der Waals surface area contributed by atoms with Crippen molar-refractivity contribution in [3.05, 3.63) is 0 Å². The standard InChI is InChI=1S/C10H21NO4Si.C6H17NOSi.C6H10O4/c1-5-15-10(13)9(12)11-7-6-8-16(3,4)14-2;1-8-9(2,3)6-4-5-7;1-3-9-5(7)6(8)10-4-2/h5-8H2,1-4H3,(H,11,12);4-7H2,1-3H3;3-4H2,1-2H3. The van der Waals surface area contributed by atoms with Crippen molar-refractivity contribution in [2.75, 3.05) is 47.1 Å². The van der Waals surface area contributed by atoms with Crippen LogP contribution in [-0.4, -0.2) is 87.6 Å². The van der Waals surface area contributed by atoms with Gasteiger partial charge in [0.1, 0.15) is 0 Å². The number of esters is 3. The van der Waals surface area contributed by atoms with E-state index in [9.17, 15) is 19.2 Å². The number of ether oxygens (including phenoxy) is 3. The maximum absolute atomic E-state index is 11.1. The molecule has 0 saturated heterocycles. The van der Waals surface area contributed by atoms with Crippen molar-refractivity contribution in [1.29, 1.82) is 0 Å². The molecule has 0 aromatic carbocycles. The van der Waals surface area contributed by atoms with Gasteiger partial charge in [-0.05, 0) is 78.4 Å². The highest BCUT2D eigenvalue weighted by molar-refractivity contribution is 6.71. The summed E-state index contributed by atoms with van der Waals surface area (Å²) in [6, 6.07) is 2.13. The fourth-order valence-corrected chi connectivity index (χ4v) is 4.59. The van der Waals surface area contributed by atoms with E-state index in [0.29, 0.717) is 6.54 Å². The molecule has 11 nitrogen and oxygen atoms in total. The average molecular weight is 541 g/mol. The molecule has 0 unspecified atom stereocenters. The van der Waals surface area contributed by atoms with Gasteiger partial charge in [-0.15, -0.1) is 0 Å². The molecule has 208 valence electrons. The molecule has 0 aliphatic carbocycles. The summed E-state index contributed by atoms with van der Waals surface area (Å²) in [6.07, 6.45) is 1.92. The van der Waals surface area contributed by atoms with Crippen molar-refractivity contribution in [3.63, 3.8) is 0 Å². The Morgan fingerprint density at radius 1 is 0.686 bits per heavy atom. The van der Waals surface area contributed by atoms with Crippen molar-refractivity contribution in [1.82, 2.24) is 5.32 Å². The summed E-state index contributed by atoms with van der Waals surface area (Å²) in [5.41, 5.74) is 5.36. The first-order valence-corrected chi connectivity index (χ1v) is 18.1. The first-order valence-electron chi connectivity index (χ1n) is 11.9. The second-order valence-corrected chi connectivity index (χ2v) is 17.2. The van der Waals surface area contributed by atoms with Gasteiger partial charge in [0.15, 0.2) is 16.6 Å². The van der Waals surface area contributed by atoms with Crippen LogP contribution >= 0.6 is 0 Å². The van der Waals surface area contributed by atoms with Crippen LogP contribution in [0.5, 0.6) is 0 Å². The quantitative estimate of drug-likeness (QED) is 0.124. The summed E-state index contributed by atoms with van der Waals surface area (Å²) in [7, 11) is 0.669. The van der Waals surface area contributed by atoms with Crippen LogP contribution in [0.3, 0.4) is 0 Å². The molecule has 1 amide bonds. The SMILES string of the molecule is CCOC(=O)C(=O)NCCC[Si](C)(C)OC.CCOC(=O)C(=O)OCC.CO[Si](C)(C)CCCN. The summed E-state index contributed by atoms with van der Waals surface area (Å²) in [5.74, 6) is -3.34. The summed E-state index contributed by atoms with van der Waals surface area (Å²) in [4.78, 5) is 42.9. The molecule has 0 aliphatic heterocycles. The zero-order valence-electron chi connectivity index (χ0n) is 23.1. The Bertz CT molecular complexity index is 587. The van der Waals surface area contributed by atoms with Crippen LogP contribution in [-0.2, 0) is 42.2 Å². The molecular formula is C22H48N2O9Si2. The fraction of sp³-hybridized carbons (Fsp3) is 0.818. The second kappa shape index (κ2) is 22.6. The lowest BCUT2D eigenvalue weighted by Gasteiger charge is -2.19. The highest BCUT2D eigenvalue weighted by Gasteiger charge is 2.20. The third kappa shape index (κ3) is 25.1. The largest absolute Gasteiger partial charge is 0.459 e. The summed E-state index contributed by atoms with van der Waals surface area (Å²) in [5, 5.41) is 2.52. The average Bonchev–Trinajstić information content (AvgIpc) is 2.81. The zero-order chi connectivity index (χ0) is 27.9. The van der Waals surface area contributed by atoms with E-state index in [0.717, 1.165) is 25.4 Å². The summed E-state index contributed by atoms with van der Waals surface area (Å²) in [6.45, 7) is 15.4. The van der Waals surface area contributed by atoms with E-state index in [4.69, 9.17) is 14.6 Å². The Kier molecular flexibility index (Phi) is 24.4. The Hall–Kier alpha value is -1.81. The minimum Gasteiger partial charge on any atom is -0.459 e. The molecule has 0 fully saturated rings. The van der Waals surface area contributed by atoms with Crippen LogP contribution in [0.15, 0.2) is 0 Å². The van der Waals surface area contributed by atoms with Gasteiger partial charge in [0.25, 0.3) is 0 Å². The highest BCUT2D eigenvalue weighted by Crippen LogP contribution is 2.11. The Morgan fingerprint density at radius 3 is 1.40 bits per heavy atom. The van der Waals surface area contributed by atoms with Crippen molar-refractivity contribution in [2.45, 2.75) is 71.9 Å². The lowest BCUT2D eigenvalue weighted by Crippen LogP contribution is -2.35. The van der Waals surface area contributed by atoms with Gasteiger partial charge in [0.2, 0.25) is 0 Å². The summed E-state index contributed by atoms with van der Waals surface area (Å²) < 4.78 is 23.9. The molecule has 0 saturated carbocycles. The Morgan fingerprint density at radius 2 is 1.06 bits per heavy atom. The molecule has 0 aliphatic rings. The highest BCUT2D eigenvalue weighted by atomic mass is 28.4. The monoisotopic (exact) mass is 540 g/mol.